The van der Waals surface area contributed by atoms with Crippen LogP contribution in [0.5, 0.6) is 5.75 Å². The minimum absolute atomic E-state index is 0.0534. The Morgan fingerprint density at radius 1 is 1.38 bits per heavy atom. The molecule has 4 nitrogen and oxygen atoms in total. The van der Waals surface area contributed by atoms with Gasteiger partial charge in [0, 0.05) is 0 Å². The first-order valence-electron chi connectivity index (χ1n) is 8.69. The topological polar surface area (TPSA) is 66.8 Å². The fourth-order valence-corrected chi connectivity index (χ4v) is 3.60. The lowest BCUT2D eigenvalue weighted by Gasteiger charge is -2.19. The summed E-state index contributed by atoms with van der Waals surface area (Å²) in [6.07, 6.45) is 4.92. The van der Waals surface area contributed by atoms with Crippen LogP contribution >= 0.6 is 0 Å². The first-order valence-corrected chi connectivity index (χ1v) is 8.69. The van der Waals surface area contributed by atoms with E-state index in [-0.39, 0.29) is 23.9 Å². The summed E-state index contributed by atoms with van der Waals surface area (Å²) in [6, 6.07) is 3.39. The molecule has 0 radical (unpaired) electrons. The largest absolute Gasteiger partial charge is 0.494 e. The lowest BCUT2D eigenvalue weighted by molar-refractivity contribution is -0.147. The second-order valence-corrected chi connectivity index (χ2v) is 6.90. The van der Waals surface area contributed by atoms with Crippen molar-refractivity contribution in [2.75, 3.05) is 7.11 Å². The van der Waals surface area contributed by atoms with Gasteiger partial charge in [-0.2, -0.15) is 0 Å². The molecule has 2 rings (SSSR count). The summed E-state index contributed by atoms with van der Waals surface area (Å²) in [5.41, 5.74) is 2.15. The zero-order valence-electron chi connectivity index (χ0n) is 14.4. The third kappa shape index (κ3) is 4.69. The van der Waals surface area contributed by atoms with Gasteiger partial charge in [-0.3, -0.25) is 0 Å². The number of aliphatic hydroxyl groups is 1. The van der Waals surface area contributed by atoms with Crippen molar-refractivity contribution in [3.63, 3.8) is 0 Å². The highest BCUT2D eigenvalue weighted by molar-refractivity contribution is 5.71. The van der Waals surface area contributed by atoms with Crippen LogP contribution in [0.15, 0.2) is 12.1 Å². The Labute approximate surface area is 142 Å². The molecule has 1 saturated carbocycles. The van der Waals surface area contributed by atoms with Crippen LogP contribution in [0.4, 0.5) is 4.39 Å². The summed E-state index contributed by atoms with van der Waals surface area (Å²) < 4.78 is 19.2. The maximum Gasteiger partial charge on any atom is 0.332 e. The summed E-state index contributed by atoms with van der Waals surface area (Å²) in [4.78, 5) is 10.7. The third-order valence-electron chi connectivity index (χ3n) is 5.03. The number of rotatable bonds is 8. The molecule has 1 aliphatic rings. The van der Waals surface area contributed by atoms with Crippen LogP contribution in [0.25, 0.3) is 0 Å². The van der Waals surface area contributed by atoms with E-state index in [1.807, 2.05) is 13.0 Å². The van der Waals surface area contributed by atoms with E-state index in [2.05, 4.69) is 0 Å². The average Bonchev–Trinajstić information content (AvgIpc) is 3.07. The Kier molecular flexibility index (Phi) is 6.60. The normalized spacial score (nSPS) is 17.7. The van der Waals surface area contributed by atoms with Crippen molar-refractivity contribution in [3.05, 3.63) is 29.1 Å². The first kappa shape index (κ1) is 18.7. The SMILES string of the molecule is COc1cc(C2CCCC2)c(CCC(C)CC(O)C(=O)O)cc1F. The molecule has 0 aliphatic heterocycles. The number of carboxylic acids is 1. The molecule has 0 amide bonds. The fourth-order valence-electron chi connectivity index (χ4n) is 3.60. The predicted molar refractivity (Wildman–Crippen MR) is 89.9 cm³/mol. The smallest absolute Gasteiger partial charge is 0.332 e. The number of ether oxygens (including phenoxy) is 1. The highest BCUT2D eigenvalue weighted by Gasteiger charge is 2.23. The molecule has 2 atom stereocenters. The van der Waals surface area contributed by atoms with Crippen molar-refractivity contribution < 1.29 is 24.1 Å². The van der Waals surface area contributed by atoms with Gasteiger partial charge in [0.05, 0.1) is 7.11 Å². The molecule has 2 N–H and O–H groups in total. The quantitative estimate of drug-likeness (QED) is 0.754. The predicted octanol–water partition coefficient (Wildman–Crippen LogP) is 3.90. The average molecular weight is 338 g/mol. The number of hydrogen-bond donors (Lipinski definition) is 2. The van der Waals surface area contributed by atoms with Crippen molar-refractivity contribution >= 4 is 5.97 Å². The van der Waals surface area contributed by atoms with Gasteiger partial charge in [-0.05, 0) is 67.2 Å². The van der Waals surface area contributed by atoms with Gasteiger partial charge in [0.25, 0.3) is 0 Å². The standard InChI is InChI=1S/C19H27FO4/c1-12(9-17(21)19(22)23)7-8-14-10-16(20)18(24-2)11-15(14)13-5-3-4-6-13/h10-13,17,21H,3-9H2,1-2H3,(H,22,23). The third-order valence-corrected chi connectivity index (χ3v) is 5.03. The summed E-state index contributed by atoms with van der Waals surface area (Å²) in [5, 5.41) is 18.2. The molecule has 0 bridgehead atoms. The van der Waals surface area contributed by atoms with Crippen molar-refractivity contribution in [2.45, 2.75) is 63.9 Å². The molecule has 1 fully saturated rings. The minimum Gasteiger partial charge on any atom is -0.494 e. The zero-order chi connectivity index (χ0) is 17.7. The van der Waals surface area contributed by atoms with Gasteiger partial charge < -0.3 is 14.9 Å². The summed E-state index contributed by atoms with van der Waals surface area (Å²) in [7, 11) is 1.48. The van der Waals surface area contributed by atoms with Crippen LogP contribution in [0.2, 0.25) is 0 Å². The number of aryl methyl sites for hydroxylation is 1. The molecule has 134 valence electrons. The van der Waals surface area contributed by atoms with Crippen molar-refractivity contribution in [2.24, 2.45) is 5.92 Å². The van der Waals surface area contributed by atoms with Gasteiger partial charge in [0.1, 0.15) is 0 Å². The van der Waals surface area contributed by atoms with Crippen molar-refractivity contribution in [1.82, 2.24) is 0 Å². The van der Waals surface area contributed by atoms with E-state index in [0.29, 0.717) is 12.3 Å². The summed E-state index contributed by atoms with van der Waals surface area (Å²) in [5.74, 6) is -0.751. The molecule has 0 heterocycles. The van der Waals surface area contributed by atoms with E-state index in [1.54, 1.807) is 6.07 Å². The van der Waals surface area contributed by atoms with E-state index in [1.165, 1.54) is 20.0 Å². The Balaban J connectivity index is 2.10. The maximum atomic E-state index is 14.1. The highest BCUT2D eigenvalue weighted by atomic mass is 19.1. The summed E-state index contributed by atoms with van der Waals surface area (Å²) in [6.45, 7) is 1.92. The second kappa shape index (κ2) is 8.47. The molecule has 0 aromatic heterocycles. The van der Waals surface area contributed by atoms with E-state index < -0.39 is 12.1 Å². The van der Waals surface area contributed by atoms with Crippen LogP contribution in [-0.2, 0) is 11.2 Å². The van der Waals surface area contributed by atoms with Gasteiger partial charge in [0.2, 0.25) is 0 Å². The first-order chi connectivity index (χ1) is 11.4. The highest BCUT2D eigenvalue weighted by Crippen LogP contribution is 2.38. The Hall–Kier alpha value is -1.62. The van der Waals surface area contributed by atoms with Crippen LogP contribution < -0.4 is 4.74 Å². The fraction of sp³-hybridized carbons (Fsp3) is 0.632. The number of aliphatic hydroxyl groups excluding tert-OH is 1. The lowest BCUT2D eigenvalue weighted by Crippen LogP contribution is -2.22. The van der Waals surface area contributed by atoms with Gasteiger partial charge >= 0.3 is 5.97 Å². The molecular weight excluding hydrogens is 311 g/mol. The van der Waals surface area contributed by atoms with E-state index >= 15 is 0 Å². The monoisotopic (exact) mass is 338 g/mol. The number of methoxy groups -OCH3 is 1. The lowest BCUT2D eigenvalue weighted by atomic mass is 9.88. The number of benzene rings is 1. The molecule has 0 spiro atoms. The van der Waals surface area contributed by atoms with Gasteiger partial charge in [-0.1, -0.05) is 19.8 Å². The zero-order valence-corrected chi connectivity index (χ0v) is 14.4. The molecule has 1 aromatic rings. The Morgan fingerprint density at radius 2 is 2.04 bits per heavy atom. The summed E-state index contributed by atoms with van der Waals surface area (Å²) >= 11 is 0. The Morgan fingerprint density at radius 3 is 2.62 bits per heavy atom. The molecule has 5 heteroatoms. The van der Waals surface area contributed by atoms with Crippen molar-refractivity contribution in [3.8, 4) is 5.75 Å². The number of hydrogen-bond acceptors (Lipinski definition) is 3. The van der Waals surface area contributed by atoms with Gasteiger partial charge in [-0.15, -0.1) is 0 Å². The Bertz CT molecular complexity index is 567. The second-order valence-electron chi connectivity index (χ2n) is 6.90. The molecule has 24 heavy (non-hydrogen) atoms. The van der Waals surface area contributed by atoms with E-state index in [0.717, 1.165) is 30.4 Å². The van der Waals surface area contributed by atoms with E-state index in [9.17, 15) is 14.3 Å². The minimum atomic E-state index is -1.33. The van der Waals surface area contributed by atoms with E-state index in [4.69, 9.17) is 9.84 Å². The van der Waals surface area contributed by atoms with Crippen LogP contribution in [0.3, 0.4) is 0 Å². The number of halogens is 1. The number of aliphatic carboxylic acids is 1. The molecular formula is C19H27FO4. The van der Waals surface area contributed by atoms with Gasteiger partial charge in [0.15, 0.2) is 17.7 Å². The van der Waals surface area contributed by atoms with Crippen LogP contribution in [-0.4, -0.2) is 29.4 Å². The molecule has 1 aliphatic carbocycles. The van der Waals surface area contributed by atoms with Crippen LogP contribution in [0, 0.1) is 11.7 Å². The number of carbonyl (C=O) groups is 1. The molecule has 1 aromatic carbocycles. The maximum absolute atomic E-state index is 14.1. The van der Waals surface area contributed by atoms with Crippen molar-refractivity contribution in [1.29, 1.82) is 0 Å². The number of carboxylic acid groups (broad SMARTS) is 1. The van der Waals surface area contributed by atoms with Gasteiger partial charge in [-0.25, -0.2) is 9.18 Å². The van der Waals surface area contributed by atoms with Crippen LogP contribution in [0.1, 0.15) is 62.5 Å². The molecule has 2 unspecified atom stereocenters. The molecule has 0 saturated heterocycles.